The van der Waals surface area contributed by atoms with Gasteiger partial charge in [-0.3, -0.25) is 0 Å². The Morgan fingerprint density at radius 3 is 2.23 bits per heavy atom. The summed E-state index contributed by atoms with van der Waals surface area (Å²) in [7, 11) is 0. The van der Waals surface area contributed by atoms with Crippen LogP contribution in [0.3, 0.4) is 0 Å². The van der Waals surface area contributed by atoms with E-state index in [0.29, 0.717) is 10.6 Å². The molecule has 0 bridgehead atoms. The van der Waals surface area contributed by atoms with Crippen molar-refractivity contribution in [1.82, 2.24) is 0 Å². The number of aliphatic carboxylic acids is 1. The van der Waals surface area contributed by atoms with E-state index in [1.54, 1.807) is 31.2 Å². The van der Waals surface area contributed by atoms with Crippen LogP contribution in [0.5, 0.6) is 0 Å². The summed E-state index contributed by atoms with van der Waals surface area (Å²) in [5.41, 5.74) is 0.708. The standard InChI is InChI=1S/C9H9ClO2.Na/c1-6(9(11)12)7-2-4-8(10)5-3-7;/h2-6H,1H3,(H,11,12);/q;+1/p-1/t6-;/m1./s1. The summed E-state index contributed by atoms with van der Waals surface area (Å²) in [5.74, 6) is -1.65. The second-order valence-corrected chi connectivity index (χ2v) is 3.03. The van der Waals surface area contributed by atoms with Gasteiger partial charge in [-0.1, -0.05) is 30.7 Å². The van der Waals surface area contributed by atoms with E-state index < -0.39 is 11.9 Å². The van der Waals surface area contributed by atoms with E-state index in [0.717, 1.165) is 0 Å². The van der Waals surface area contributed by atoms with Crippen molar-refractivity contribution in [3.8, 4) is 0 Å². The molecule has 2 nitrogen and oxygen atoms in total. The van der Waals surface area contributed by atoms with Crippen molar-refractivity contribution in [2.75, 3.05) is 0 Å². The Morgan fingerprint density at radius 2 is 1.85 bits per heavy atom. The molecule has 0 N–H and O–H groups in total. The van der Waals surface area contributed by atoms with E-state index in [1.165, 1.54) is 0 Å². The summed E-state index contributed by atoms with van der Waals surface area (Å²) >= 11 is 5.63. The Hall–Kier alpha value is -0.0200. The molecule has 0 unspecified atom stereocenters. The van der Waals surface area contributed by atoms with Gasteiger partial charge in [0.2, 0.25) is 0 Å². The molecule has 1 rings (SSSR count). The minimum Gasteiger partial charge on any atom is -0.550 e. The zero-order valence-corrected chi connectivity index (χ0v) is 10.3. The van der Waals surface area contributed by atoms with Crippen LogP contribution >= 0.6 is 11.6 Å². The maximum atomic E-state index is 10.4. The number of rotatable bonds is 2. The first-order valence-electron chi connectivity index (χ1n) is 3.57. The van der Waals surface area contributed by atoms with Crippen molar-refractivity contribution in [3.05, 3.63) is 34.9 Å². The number of carbonyl (C=O) groups excluding carboxylic acids is 1. The summed E-state index contributed by atoms with van der Waals surface area (Å²) in [5, 5.41) is 11.0. The van der Waals surface area contributed by atoms with Crippen LogP contribution in [0.2, 0.25) is 5.02 Å². The summed E-state index contributed by atoms with van der Waals surface area (Å²) in [6.07, 6.45) is 0. The molecule has 0 aliphatic heterocycles. The molecule has 0 aromatic heterocycles. The molecule has 0 radical (unpaired) electrons. The molecule has 0 aliphatic carbocycles. The van der Waals surface area contributed by atoms with Crippen LogP contribution in [0.4, 0.5) is 0 Å². The third-order valence-electron chi connectivity index (χ3n) is 1.72. The molecule has 0 saturated carbocycles. The number of halogens is 1. The third kappa shape index (κ3) is 3.69. The second kappa shape index (κ2) is 5.66. The molecule has 0 amide bonds. The SMILES string of the molecule is C[C@@H](C(=O)[O-])c1ccc(Cl)cc1.[Na+]. The molecule has 1 aromatic rings. The average molecular weight is 207 g/mol. The van der Waals surface area contributed by atoms with Gasteiger partial charge in [-0.2, -0.15) is 0 Å². The van der Waals surface area contributed by atoms with Crippen LogP contribution in [-0.4, -0.2) is 5.97 Å². The Kier molecular flexibility index (Phi) is 5.65. The van der Waals surface area contributed by atoms with E-state index >= 15 is 0 Å². The van der Waals surface area contributed by atoms with E-state index in [-0.39, 0.29) is 29.6 Å². The number of carbonyl (C=O) groups is 1. The van der Waals surface area contributed by atoms with Gasteiger partial charge in [0.15, 0.2) is 0 Å². The molecule has 4 heteroatoms. The van der Waals surface area contributed by atoms with E-state index in [2.05, 4.69) is 0 Å². The zero-order valence-electron chi connectivity index (χ0n) is 7.58. The van der Waals surface area contributed by atoms with Crippen molar-refractivity contribution in [2.45, 2.75) is 12.8 Å². The zero-order chi connectivity index (χ0) is 9.14. The normalized spacial score (nSPS) is 11.5. The number of carboxylic acid groups (broad SMARTS) is 1. The average Bonchev–Trinajstić information content (AvgIpc) is 2.04. The summed E-state index contributed by atoms with van der Waals surface area (Å²) in [6, 6.07) is 6.69. The van der Waals surface area contributed by atoms with Crippen molar-refractivity contribution in [3.63, 3.8) is 0 Å². The van der Waals surface area contributed by atoms with Crippen molar-refractivity contribution < 1.29 is 39.5 Å². The molecule has 13 heavy (non-hydrogen) atoms. The van der Waals surface area contributed by atoms with Gasteiger partial charge < -0.3 is 9.90 Å². The summed E-state index contributed by atoms with van der Waals surface area (Å²) < 4.78 is 0. The molecular weight excluding hydrogens is 199 g/mol. The predicted octanol–water partition coefficient (Wildman–Crippen LogP) is -1.80. The Balaban J connectivity index is 0.00000144. The van der Waals surface area contributed by atoms with Gasteiger partial charge in [-0.05, 0) is 17.7 Å². The van der Waals surface area contributed by atoms with Crippen LogP contribution in [0.25, 0.3) is 0 Å². The monoisotopic (exact) mass is 206 g/mol. The van der Waals surface area contributed by atoms with Crippen molar-refractivity contribution in [2.24, 2.45) is 0 Å². The van der Waals surface area contributed by atoms with Gasteiger partial charge in [-0.25, -0.2) is 0 Å². The minimum absolute atomic E-state index is 0. The molecule has 0 heterocycles. The van der Waals surface area contributed by atoms with Crippen LogP contribution in [0, 0.1) is 0 Å². The number of hydrogen-bond donors (Lipinski definition) is 0. The molecule has 64 valence electrons. The van der Waals surface area contributed by atoms with Gasteiger partial charge >= 0.3 is 29.6 Å². The smallest absolute Gasteiger partial charge is 0.550 e. The molecule has 0 spiro atoms. The molecule has 0 fully saturated rings. The maximum absolute atomic E-state index is 10.4. The first kappa shape index (κ1) is 13.0. The second-order valence-electron chi connectivity index (χ2n) is 2.59. The van der Waals surface area contributed by atoms with Crippen molar-refractivity contribution >= 4 is 17.6 Å². The minimum atomic E-state index is -1.07. The molecule has 1 aromatic carbocycles. The van der Waals surface area contributed by atoms with Gasteiger partial charge in [0, 0.05) is 16.9 Å². The van der Waals surface area contributed by atoms with Gasteiger partial charge in [0.25, 0.3) is 0 Å². The van der Waals surface area contributed by atoms with Crippen LogP contribution < -0.4 is 34.7 Å². The Morgan fingerprint density at radius 1 is 1.38 bits per heavy atom. The van der Waals surface area contributed by atoms with Crippen LogP contribution in [0.15, 0.2) is 24.3 Å². The number of hydrogen-bond acceptors (Lipinski definition) is 2. The van der Waals surface area contributed by atoms with Crippen molar-refractivity contribution in [1.29, 1.82) is 0 Å². The largest absolute Gasteiger partial charge is 1.00 e. The van der Waals surface area contributed by atoms with E-state index in [1.807, 2.05) is 0 Å². The first-order chi connectivity index (χ1) is 5.61. The van der Waals surface area contributed by atoms with E-state index in [4.69, 9.17) is 11.6 Å². The molecule has 1 atom stereocenters. The fraction of sp³-hybridized carbons (Fsp3) is 0.222. The molecule has 0 saturated heterocycles. The third-order valence-corrected chi connectivity index (χ3v) is 1.98. The van der Waals surface area contributed by atoms with Gasteiger partial charge in [0.05, 0.1) is 0 Å². The first-order valence-corrected chi connectivity index (χ1v) is 3.95. The van der Waals surface area contributed by atoms with Gasteiger partial charge in [-0.15, -0.1) is 0 Å². The Bertz CT molecular complexity index is 284. The topological polar surface area (TPSA) is 40.1 Å². The molecular formula is C9H8ClNaO2. The molecule has 0 aliphatic rings. The fourth-order valence-electron chi connectivity index (χ4n) is 0.888. The summed E-state index contributed by atoms with van der Waals surface area (Å²) in [6.45, 7) is 1.58. The number of carboxylic acids is 1. The predicted molar refractivity (Wildman–Crippen MR) is 44.9 cm³/mol. The fourth-order valence-corrected chi connectivity index (χ4v) is 1.01. The van der Waals surface area contributed by atoms with Crippen LogP contribution in [-0.2, 0) is 4.79 Å². The van der Waals surface area contributed by atoms with Crippen LogP contribution in [0.1, 0.15) is 18.4 Å². The van der Waals surface area contributed by atoms with E-state index in [9.17, 15) is 9.90 Å². The number of benzene rings is 1. The van der Waals surface area contributed by atoms with Gasteiger partial charge in [0.1, 0.15) is 0 Å². The summed E-state index contributed by atoms with van der Waals surface area (Å²) in [4.78, 5) is 10.4. The quantitative estimate of drug-likeness (QED) is 0.536. The Labute approximate surface area is 104 Å². The maximum Gasteiger partial charge on any atom is 1.00 e.